The molecule has 0 spiro atoms. The summed E-state index contributed by atoms with van der Waals surface area (Å²) >= 11 is 0. The summed E-state index contributed by atoms with van der Waals surface area (Å²) in [5, 5.41) is 12.7. The minimum Gasteiger partial charge on any atom is -0.478 e. The highest BCUT2D eigenvalue weighted by Gasteiger charge is 2.22. The van der Waals surface area contributed by atoms with Gasteiger partial charge in [-0.2, -0.15) is 0 Å². The highest BCUT2D eigenvalue weighted by atomic mass is 35.5. The standard InChI is InChI=1S/C20H24FN5O2.ClH/c1-9(22)16-11(19(27)28)8-14(24-16)15-12(21)6-7-13-17(15)25-18(10(2)23-13)26-20(3,4)5;/h6-9,24H,22H2,1-5H3,(H,25,26)(H,27,28);1H. The lowest BCUT2D eigenvalue weighted by molar-refractivity contribution is 0.0695. The number of aromatic amines is 1. The van der Waals surface area contributed by atoms with Gasteiger partial charge in [0.05, 0.1) is 28.0 Å². The summed E-state index contributed by atoms with van der Waals surface area (Å²) < 4.78 is 14.8. The number of nitrogens with zero attached hydrogens (tertiary/aromatic N) is 2. The highest BCUT2D eigenvalue weighted by molar-refractivity contribution is 5.96. The molecule has 0 saturated heterocycles. The molecule has 1 aromatic carbocycles. The van der Waals surface area contributed by atoms with E-state index in [-0.39, 0.29) is 29.1 Å². The predicted octanol–water partition coefficient (Wildman–Crippen LogP) is 4.42. The van der Waals surface area contributed by atoms with Crippen molar-refractivity contribution in [2.24, 2.45) is 5.73 Å². The van der Waals surface area contributed by atoms with E-state index < -0.39 is 17.8 Å². The average molecular weight is 422 g/mol. The molecular weight excluding hydrogens is 397 g/mol. The van der Waals surface area contributed by atoms with Gasteiger partial charge in [-0.15, -0.1) is 12.4 Å². The van der Waals surface area contributed by atoms with E-state index in [9.17, 15) is 14.3 Å². The Balaban J connectivity index is 0.00000300. The van der Waals surface area contributed by atoms with Gasteiger partial charge in [0.2, 0.25) is 0 Å². The van der Waals surface area contributed by atoms with Crippen molar-refractivity contribution in [1.29, 1.82) is 0 Å². The van der Waals surface area contributed by atoms with Crippen LogP contribution in [-0.2, 0) is 0 Å². The number of hydrogen-bond donors (Lipinski definition) is 4. The molecule has 9 heteroatoms. The molecule has 0 bridgehead atoms. The molecule has 1 unspecified atom stereocenters. The zero-order chi connectivity index (χ0) is 20.8. The Morgan fingerprint density at radius 1 is 1.31 bits per heavy atom. The smallest absolute Gasteiger partial charge is 0.337 e. The van der Waals surface area contributed by atoms with Crippen LogP contribution in [-0.4, -0.2) is 31.6 Å². The van der Waals surface area contributed by atoms with Crippen molar-refractivity contribution in [2.45, 2.75) is 46.2 Å². The average Bonchev–Trinajstić information content (AvgIpc) is 3.00. The number of aromatic nitrogens is 3. The molecule has 3 aromatic rings. The largest absolute Gasteiger partial charge is 0.478 e. The van der Waals surface area contributed by atoms with Gasteiger partial charge < -0.3 is 21.1 Å². The minimum atomic E-state index is -1.13. The molecule has 2 heterocycles. The van der Waals surface area contributed by atoms with Crippen molar-refractivity contribution in [3.05, 3.63) is 41.0 Å². The van der Waals surface area contributed by atoms with Crippen LogP contribution in [0.4, 0.5) is 10.2 Å². The second-order valence-electron chi connectivity index (χ2n) is 7.93. The fraction of sp³-hybridized carbons (Fsp3) is 0.350. The van der Waals surface area contributed by atoms with Crippen LogP contribution >= 0.6 is 12.4 Å². The first-order chi connectivity index (χ1) is 13.0. The van der Waals surface area contributed by atoms with E-state index in [1.807, 2.05) is 27.7 Å². The minimum absolute atomic E-state index is 0. The van der Waals surface area contributed by atoms with E-state index in [4.69, 9.17) is 5.73 Å². The first kappa shape index (κ1) is 22.6. The molecule has 5 N–H and O–H groups in total. The van der Waals surface area contributed by atoms with Gasteiger partial charge in [0.15, 0.2) is 0 Å². The molecular formula is C20H25ClFN5O2. The number of carboxylic acids is 1. The van der Waals surface area contributed by atoms with Crippen molar-refractivity contribution >= 4 is 35.2 Å². The molecule has 0 saturated carbocycles. The predicted molar refractivity (Wildman–Crippen MR) is 114 cm³/mol. The van der Waals surface area contributed by atoms with Crippen LogP contribution in [0, 0.1) is 12.7 Å². The molecule has 1 atom stereocenters. The number of rotatable bonds is 4. The number of fused-ring (bicyclic) bond motifs is 1. The second-order valence-corrected chi connectivity index (χ2v) is 7.93. The summed E-state index contributed by atoms with van der Waals surface area (Å²) in [6, 6.07) is 3.69. The maximum atomic E-state index is 14.8. The van der Waals surface area contributed by atoms with Gasteiger partial charge in [-0.05, 0) is 52.8 Å². The molecule has 7 nitrogen and oxygen atoms in total. The van der Waals surface area contributed by atoms with Crippen molar-refractivity contribution in [1.82, 2.24) is 15.0 Å². The number of halogens is 2. The van der Waals surface area contributed by atoms with Crippen molar-refractivity contribution < 1.29 is 14.3 Å². The number of nitrogens with two attached hydrogens (primary N) is 1. The van der Waals surface area contributed by atoms with Crippen LogP contribution in [0.25, 0.3) is 22.3 Å². The Labute approximate surface area is 174 Å². The highest BCUT2D eigenvalue weighted by Crippen LogP contribution is 2.33. The molecule has 29 heavy (non-hydrogen) atoms. The van der Waals surface area contributed by atoms with Gasteiger partial charge >= 0.3 is 5.97 Å². The van der Waals surface area contributed by atoms with Gasteiger partial charge in [-0.25, -0.2) is 19.2 Å². The van der Waals surface area contributed by atoms with Gasteiger partial charge in [0, 0.05) is 17.3 Å². The number of benzene rings is 1. The Bertz CT molecular complexity index is 1070. The van der Waals surface area contributed by atoms with Crippen LogP contribution in [0.2, 0.25) is 0 Å². The monoisotopic (exact) mass is 421 g/mol. The quantitative estimate of drug-likeness (QED) is 0.495. The third-order valence-electron chi connectivity index (χ3n) is 4.26. The number of hydrogen-bond acceptors (Lipinski definition) is 5. The van der Waals surface area contributed by atoms with Crippen LogP contribution in [0.1, 0.15) is 55.5 Å². The van der Waals surface area contributed by atoms with Crippen LogP contribution in [0.3, 0.4) is 0 Å². The van der Waals surface area contributed by atoms with E-state index in [1.165, 1.54) is 12.1 Å². The number of H-pyrrole nitrogens is 1. The lowest BCUT2D eigenvalue weighted by atomic mass is 10.1. The molecule has 0 amide bonds. The Kier molecular flexibility index (Phi) is 6.20. The molecule has 0 aliphatic rings. The van der Waals surface area contributed by atoms with Gasteiger partial charge in [0.1, 0.15) is 17.2 Å². The number of carbonyl (C=O) groups is 1. The zero-order valence-electron chi connectivity index (χ0n) is 16.9. The van der Waals surface area contributed by atoms with E-state index in [0.717, 1.165) is 0 Å². The normalized spacial score (nSPS) is 12.5. The van der Waals surface area contributed by atoms with Crippen molar-refractivity contribution in [3.8, 4) is 11.3 Å². The summed E-state index contributed by atoms with van der Waals surface area (Å²) in [5.41, 5.74) is 7.96. The molecule has 3 rings (SSSR count). The second kappa shape index (κ2) is 7.96. The lowest BCUT2D eigenvalue weighted by Gasteiger charge is -2.22. The molecule has 0 aliphatic carbocycles. The van der Waals surface area contributed by atoms with E-state index in [2.05, 4.69) is 20.3 Å². The molecule has 156 valence electrons. The molecule has 0 radical (unpaired) electrons. The molecule has 0 aliphatic heterocycles. The van der Waals surface area contributed by atoms with Crippen LogP contribution in [0.5, 0.6) is 0 Å². The summed E-state index contributed by atoms with van der Waals surface area (Å²) in [4.78, 5) is 23.7. The molecule has 0 fully saturated rings. The Morgan fingerprint density at radius 2 is 1.97 bits per heavy atom. The Morgan fingerprint density at radius 3 is 2.48 bits per heavy atom. The van der Waals surface area contributed by atoms with E-state index >= 15 is 0 Å². The lowest BCUT2D eigenvalue weighted by Crippen LogP contribution is -2.27. The topological polar surface area (TPSA) is 117 Å². The maximum Gasteiger partial charge on any atom is 0.337 e. The third-order valence-corrected chi connectivity index (χ3v) is 4.26. The number of aromatic carboxylic acids is 1. The molecule has 2 aromatic heterocycles. The summed E-state index contributed by atoms with van der Waals surface area (Å²) in [7, 11) is 0. The van der Waals surface area contributed by atoms with Crippen molar-refractivity contribution in [2.75, 3.05) is 5.32 Å². The van der Waals surface area contributed by atoms with E-state index in [1.54, 1.807) is 13.0 Å². The maximum absolute atomic E-state index is 14.8. The van der Waals surface area contributed by atoms with Crippen molar-refractivity contribution in [3.63, 3.8) is 0 Å². The fourth-order valence-electron chi connectivity index (χ4n) is 3.06. The first-order valence-electron chi connectivity index (χ1n) is 8.95. The number of carboxylic acid groups (broad SMARTS) is 1. The number of anilines is 1. The SMILES string of the molecule is Cc1nc2ccc(F)c(-c3cc(C(=O)O)c(C(C)N)[nH]3)c2nc1NC(C)(C)C.Cl. The summed E-state index contributed by atoms with van der Waals surface area (Å²) in [6.45, 7) is 9.46. The number of aryl methyl sites for hydroxylation is 1. The summed E-state index contributed by atoms with van der Waals surface area (Å²) in [6.07, 6.45) is 0. The summed E-state index contributed by atoms with van der Waals surface area (Å²) in [5.74, 6) is -1.11. The van der Waals surface area contributed by atoms with Gasteiger partial charge in [0.25, 0.3) is 0 Å². The van der Waals surface area contributed by atoms with Gasteiger partial charge in [-0.1, -0.05) is 0 Å². The van der Waals surface area contributed by atoms with E-state index in [0.29, 0.717) is 33.9 Å². The number of nitrogens with one attached hydrogen (secondary N) is 2. The third kappa shape index (κ3) is 4.49. The first-order valence-corrected chi connectivity index (χ1v) is 8.95. The fourth-order valence-corrected chi connectivity index (χ4v) is 3.06. The van der Waals surface area contributed by atoms with Crippen LogP contribution < -0.4 is 11.1 Å². The van der Waals surface area contributed by atoms with Gasteiger partial charge in [-0.3, -0.25) is 0 Å². The Hall–Kier alpha value is -2.71. The van der Waals surface area contributed by atoms with Crippen LogP contribution in [0.15, 0.2) is 18.2 Å². The zero-order valence-corrected chi connectivity index (χ0v) is 17.7.